The Morgan fingerprint density at radius 1 is 1.32 bits per heavy atom. The summed E-state index contributed by atoms with van der Waals surface area (Å²) < 4.78 is 17.4. The highest BCUT2D eigenvalue weighted by Crippen LogP contribution is 2.39. The third-order valence-electron chi connectivity index (χ3n) is 5.65. The molecule has 0 unspecified atom stereocenters. The minimum atomic E-state index is -1.45. The molecule has 186 valence electrons. The first kappa shape index (κ1) is 26.0. The van der Waals surface area contributed by atoms with Crippen molar-refractivity contribution in [3.63, 3.8) is 0 Å². The van der Waals surface area contributed by atoms with E-state index in [1.807, 2.05) is 26.0 Å². The quantitative estimate of drug-likeness (QED) is 0.457. The Morgan fingerprint density at radius 2 is 2.03 bits per heavy atom. The van der Waals surface area contributed by atoms with E-state index in [2.05, 4.69) is 22.1 Å². The minimum absolute atomic E-state index is 0.139. The molecule has 1 amide bonds. The number of pyridine rings is 1. The van der Waals surface area contributed by atoms with Crippen LogP contribution in [0.15, 0.2) is 18.3 Å². The lowest BCUT2D eigenvalue weighted by atomic mass is 9.83. The Bertz CT molecular complexity index is 965. The molecule has 0 spiro atoms. The van der Waals surface area contributed by atoms with E-state index in [1.165, 1.54) is 12.8 Å². The molecule has 2 atom stereocenters. The Kier molecular flexibility index (Phi) is 7.62. The van der Waals surface area contributed by atoms with Crippen molar-refractivity contribution in [1.82, 2.24) is 10.3 Å². The molecule has 7 heteroatoms. The summed E-state index contributed by atoms with van der Waals surface area (Å²) in [4.78, 5) is 30.6. The van der Waals surface area contributed by atoms with Crippen LogP contribution in [0.1, 0.15) is 85.4 Å². The van der Waals surface area contributed by atoms with Crippen LogP contribution in [0.25, 0.3) is 0 Å². The monoisotopic (exact) mass is 470 g/mol. The number of ether oxygens (including phenoxy) is 3. The van der Waals surface area contributed by atoms with Gasteiger partial charge in [0.05, 0.1) is 6.04 Å². The average molecular weight is 471 g/mol. The second-order valence-corrected chi connectivity index (χ2v) is 11.3. The molecule has 1 aliphatic carbocycles. The molecular weight excluding hydrogens is 432 g/mol. The van der Waals surface area contributed by atoms with Gasteiger partial charge in [-0.15, -0.1) is 0 Å². The maximum Gasteiger partial charge on any atom is 0.407 e. The first-order chi connectivity index (χ1) is 15.8. The highest BCUT2D eigenvalue weighted by Gasteiger charge is 2.59. The second kappa shape index (κ2) is 9.95. The third kappa shape index (κ3) is 7.20. The number of cyclic esters (lactones) is 1. The number of hydrogen-bond acceptors (Lipinski definition) is 6. The number of hydrogen-bond donors (Lipinski definition) is 1. The summed E-state index contributed by atoms with van der Waals surface area (Å²) >= 11 is 0. The molecule has 1 N–H and O–H groups in total. The van der Waals surface area contributed by atoms with Crippen molar-refractivity contribution in [2.45, 2.75) is 104 Å². The predicted octanol–water partition coefficient (Wildman–Crippen LogP) is 4.76. The molecule has 2 heterocycles. The van der Waals surface area contributed by atoms with Crippen molar-refractivity contribution in [3.05, 3.63) is 29.6 Å². The standard InChI is InChI=1S/C27H38N2O5/c1-18(2)15-22(29-24(31)33-25(3,4)5)27(23(30)32-26(6,7)34-27)17-21-16-20(13-14-28-21)10-8-9-19-11-12-19/h13-14,16,18-19,22H,9,11-12,15,17H2,1-7H3,(H,29,31)/t22-,27+/m0/s1. The smallest absolute Gasteiger partial charge is 0.407 e. The SMILES string of the molecule is CC(C)C[C@H](NC(=O)OC(C)(C)C)[C@@]1(Cc2cc(C#CCC3CC3)ccn2)OC(C)(C)OC1=O. The molecule has 0 aromatic carbocycles. The molecule has 0 bridgehead atoms. The van der Waals surface area contributed by atoms with Crippen molar-refractivity contribution < 1.29 is 23.8 Å². The fourth-order valence-electron chi connectivity index (χ4n) is 4.08. The Hall–Kier alpha value is -2.59. The molecular formula is C27H38N2O5. The maximum atomic E-state index is 13.3. The summed E-state index contributed by atoms with van der Waals surface area (Å²) in [5.74, 6) is 5.69. The van der Waals surface area contributed by atoms with Gasteiger partial charge in [-0.25, -0.2) is 9.59 Å². The van der Waals surface area contributed by atoms with Crippen molar-refractivity contribution in [2.75, 3.05) is 0 Å². The maximum absolute atomic E-state index is 13.3. The first-order valence-electron chi connectivity index (χ1n) is 12.1. The number of nitrogens with zero attached hydrogens (tertiary/aromatic N) is 1. The lowest BCUT2D eigenvalue weighted by molar-refractivity contribution is -0.170. The van der Waals surface area contributed by atoms with Gasteiger partial charge in [0.25, 0.3) is 0 Å². The number of rotatable bonds is 7. The molecule has 1 saturated heterocycles. The van der Waals surface area contributed by atoms with Gasteiger partial charge in [-0.05, 0) is 64.0 Å². The van der Waals surface area contributed by atoms with E-state index < -0.39 is 35.1 Å². The lowest BCUT2D eigenvalue weighted by Gasteiger charge is -2.36. The highest BCUT2D eigenvalue weighted by atomic mass is 16.8. The number of carbonyl (C=O) groups excluding carboxylic acids is 2. The van der Waals surface area contributed by atoms with Crippen LogP contribution in [-0.2, 0) is 25.4 Å². The summed E-state index contributed by atoms with van der Waals surface area (Å²) in [6, 6.07) is 3.06. The van der Waals surface area contributed by atoms with Gasteiger partial charge < -0.3 is 19.5 Å². The van der Waals surface area contributed by atoms with Crippen LogP contribution < -0.4 is 5.32 Å². The zero-order valence-corrected chi connectivity index (χ0v) is 21.5. The number of amides is 1. The third-order valence-corrected chi connectivity index (χ3v) is 5.65. The van der Waals surface area contributed by atoms with Gasteiger partial charge in [0.15, 0.2) is 5.60 Å². The first-order valence-corrected chi connectivity index (χ1v) is 12.1. The summed E-state index contributed by atoms with van der Waals surface area (Å²) in [5.41, 5.74) is -0.637. The van der Waals surface area contributed by atoms with Gasteiger partial charge in [-0.3, -0.25) is 4.98 Å². The molecule has 0 radical (unpaired) electrons. The average Bonchev–Trinajstić information content (AvgIpc) is 3.45. The van der Waals surface area contributed by atoms with Gasteiger partial charge in [-0.1, -0.05) is 25.7 Å². The topological polar surface area (TPSA) is 86.8 Å². The van der Waals surface area contributed by atoms with E-state index in [1.54, 1.807) is 40.8 Å². The van der Waals surface area contributed by atoms with Crippen molar-refractivity contribution >= 4 is 12.1 Å². The van der Waals surface area contributed by atoms with Gasteiger partial charge in [0.2, 0.25) is 5.79 Å². The summed E-state index contributed by atoms with van der Waals surface area (Å²) in [6.45, 7) is 12.8. The van der Waals surface area contributed by atoms with E-state index in [4.69, 9.17) is 14.2 Å². The summed E-state index contributed by atoms with van der Waals surface area (Å²) in [6.07, 6.45) is 5.14. The molecule has 2 aliphatic rings. The fraction of sp³-hybridized carbons (Fsp3) is 0.667. The van der Waals surface area contributed by atoms with Crippen LogP contribution in [0.5, 0.6) is 0 Å². The lowest BCUT2D eigenvalue weighted by Crippen LogP contribution is -2.59. The van der Waals surface area contributed by atoms with Gasteiger partial charge in [-0.2, -0.15) is 0 Å². The van der Waals surface area contributed by atoms with Gasteiger partial charge in [0, 0.05) is 44.1 Å². The normalized spacial score (nSPS) is 22.5. The van der Waals surface area contributed by atoms with E-state index in [-0.39, 0.29) is 12.3 Å². The number of carbonyl (C=O) groups is 2. The molecule has 1 aliphatic heterocycles. The van der Waals surface area contributed by atoms with Crippen molar-refractivity contribution in [2.24, 2.45) is 11.8 Å². The van der Waals surface area contributed by atoms with E-state index in [0.717, 1.165) is 17.9 Å². The molecule has 2 fully saturated rings. The number of nitrogens with one attached hydrogen (secondary N) is 1. The van der Waals surface area contributed by atoms with Crippen molar-refractivity contribution in [3.8, 4) is 11.8 Å². The highest BCUT2D eigenvalue weighted by molar-refractivity contribution is 5.84. The fourth-order valence-corrected chi connectivity index (χ4v) is 4.08. The minimum Gasteiger partial charge on any atom is -0.444 e. The van der Waals surface area contributed by atoms with Crippen LogP contribution in [-0.4, -0.2) is 40.1 Å². The Labute approximate surface area is 203 Å². The van der Waals surface area contributed by atoms with Gasteiger partial charge in [0.1, 0.15) is 5.60 Å². The molecule has 34 heavy (non-hydrogen) atoms. The molecule has 1 aromatic rings. The van der Waals surface area contributed by atoms with E-state index in [9.17, 15) is 9.59 Å². The van der Waals surface area contributed by atoms with Crippen LogP contribution in [0, 0.1) is 23.7 Å². The van der Waals surface area contributed by atoms with Crippen LogP contribution in [0.3, 0.4) is 0 Å². The zero-order valence-electron chi connectivity index (χ0n) is 21.5. The second-order valence-electron chi connectivity index (χ2n) is 11.3. The largest absolute Gasteiger partial charge is 0.444 e. The van der Waals surface area contributed by atoms with Crippen LogP contribution in [0.2, 0.25) is 0 Å². The van der Waals surface area contributed by atoms with Gasteiger partial charge >= 0.3 is 12.1 Å². The van der Waals surface area contributed by atoms with Crippen molar-refractivity contribution in [1.29, 1.82) is 0 Å². The number of aromatic nitrogens is 1. The molecule has 1 saturated carbocycles. The predicted molar refractivity (Wildman–Crippen MR) is 129 cm³/mol. The van der Waals surface area contributed by atoms with E-state index in [0.29, 0.717) is 12.1 Å². The summed E-state index contributed by atoms with van der Waals surface area (Å²) in [5, 5.41) is 2.90. The molecule has 7 nitrogen and oxygen atoms in total. The zero-order chi connectivity index (χ0) is 25.1. The molecule has 3 rings (SSSR count). The number of alkyl carbamates (subject to hydrolysis) is 1. The number of esters is 1. The van der Waals surface area contributed by atoms with Crippen LogP contribution in [0.4, 0.5) is 4.79 Å². The Morgan fingerprint density at radius 3 is 2.59 bits per heavy atom. The van der Waals surface area contributed by atoms with Crippen LogP contribution >= 0.6 is 0 Å². The summed E-state index contributed by atoms with van der Waals surface area (Å²) in [7, 11) is 0. The molecule has 1 aromatic heterocycles. The van der Waals surface area contributed by atoms with E-state index >= 15 is 0 Å². The Balaban J connectivity index is 1.92.